The largest absolute Gasteiger partial charge is 0.382 e. The molecule has 2 rings (SSSR count). The van der Waals surface area contributed by atoms with Gasteiger partial charge in [-0.2, -0.15) is 0 Å². The molecule has 0 radical (unpaired) electrons. The van der Waals surface area contributed by atoms with Crippen LogP contribution in [0.1, 0.15) is 0 Å². The molecule has 3 nitrogen and oxygen atoms in total. The third-order valence-corrected chi connectivity index (χ3v) is 2.39. The molecule has 0 saturated carbocycles. The van der Waals surface area contributed by atoms with Crippen molar-refractivity contribution in [2.45, 2.75) is 0 Å². The van der Waals surface area contributed by atoms with Crippen LogP contribution in [0.3, 0.4) is 0 Å². The summed E-state index contributed by atoms with van der Waals surface area (Å²) in [5.74, 6) is 0.200. The van der Waals surface area contributed by atoms with E-state index in [-0.39, 0.29) is 5.82 Å². The number of halogens is 1. The molecule has 0 amide bonds. The summed E-state index contributed by atoms with van der Waals surface area (Å²) in [4.78, 5) is 5.87. The quantitative estimate of drug-likeness (QED) is 0.840. The van der Waals surface area contributed by atoms with Crippen LogP contribution in [0.15, 0.2) is 42.6 Å². The lowest BCUT2D eigenvalue weighted by Crippen LogP contribution is -2.12. The van der Waals surface area contributed by atoms with Crippen LogP contribution in [0.5, 0.6) is 0 Å². The van der Waals surface area contributed by atoms with Gasteiger partial charge in [0.15, 0.2) is 0 Å². The summed E-state index contributed by atoms with van der Waals surface area (Å²) in [5, 5.41) is 0. The van der Waals surface area contributed by atoms with Gasteiger partial charge in [-0.25, -0.2) is 9.37 Å². The van der Waals surface area contributed by atoms with Gasteiger partial charge in [-0.1, -0.05) is 0 Å². The molecule has 0 aliphatic carbocycles. The van der Waals surface area contributed by atoms with Crippen molar-refractivity contribution in [3.05, 3.63) is 48.4 Å². The Morgan fingerprint density at radius 1 is 1.19 bits per heavy atom. The van der Waals surface area contributed by atoms with Crippen molar-refractivity contribution >= 4 is 17.2 Å². The van der Waals surface area contributed by atoms with E-state index >= 15 is 0 Å². The molecule has 0 aliphatic rings. The van der Waals surface area contributed by atoms with Gasteiger partial charge in [0.1, 0.15) is 11.6 Å². The first-order chi connectivity index (χ1) is 7.68. The van der Waals surface area contributed by atoms with Crippen molar-refractivity contribution in [3.8, 4) is 0 Å². The molecular formula is C12H12FN3. The minimum absolute atomic E-state index is 0.253. The summed E-state index contributed by atoms with van der Waals surface area (Å²) >= 11 is 0. The fourth-order valence-corrected chi connectivity index (χ4v) is 1.50. The number of hydrogen-bond donors (Lipinski definition) is 1. The highest BCUT2D eigenvalue weighted by Crippen LogP contribution is 2.26. The highest BCUT2D eigenvalue weighted by Gasteiger charge is 2.07. The van der Waals surface area contributed by atoms with Gasteiger partial charge >= 0.3 is 0 Å². The SMILES string of the molecule is CN(c1ccc(F)cc1)c1cccnc1N. The molecule has 0 fully saturated rings. The van der Waals surface area contributed by atoms with Crippen molar-refractivity contribution < 1.29 is 4.39 Å². The fraction of sp³-hybridized carbons (Fsp3) is 0.0833. The molecule has 0 atom stereocenters. The number of hydrogen-bond acceptors (Lipinski definition) is 3. The summed E-state index contributed by atoms with van der Waals surface area (Å²) in [6.07, 6.45) is 1.64. The fourth-order valence-electron chi connectivity index (χ4n) is 1.50. The summed E-state index contributed by atoms with van der Waals surface area (Å²) in [6.45, 7) is 0. The maximum Gasteiger partial charge on any atom is 0.147 e. The molecule has 1 aromatic heterocycles. The molecule has 1 aromatic carbocycles. The molecule has 82 valence electrons. The molecule has 0 spiro atoms. The highest BCUT2D eigenvalue weighted by molar-refractivity contribution is 5.71. The molecule has 0 bridgehead atoms. The van der Waals surface area contributed by atoms with Crippen LogP contribution in [-0.2, 0) is 0 Å². The van der Waals surface area contributed by atoms with E-state index in [0.717, 1.165) is 11.4 Å². The van der Waals surface area contributed by atoms with Crippen molar-refractivity contribution in [2.75, 3.05) is 17.7 Å². The number of nitrogen functional groups attached to an aromatic ring is 1. The summed E-state index contributed by atoms with van der Waals surface area (Å²) in [5.41, 5.74) is 7.42. The van der Waals surface area contributed by atoms with Crippen molar-refractivity contribution in [2.24, 2.45) is 0 Å². The van der Waals surface area contributed by atoms with Crippen LogP contribution in [0.2, 0.25) is 0 Å². The van der Waals surface area contributed by atoms with Crippen LogP contribution in [-0.4, -0.2) is 12.0 Å². The predicted octanol–water partition coefficient (Wildman–Crippen LogP) is 2.57. The molecule has 1 heterocycles. The van der Waals surface area contributed by atoms with Crippen LogP contribution in [0, 0.1) is 5.82 Å². The number of aromatic nitrogens is 1. The van der Waals surface area contributed by atoms with Crippen LogP contribution >= 0.6 is 0 Å². The van der Waals surface area contributed by atoms with Crippen molar-refractivity contribution in [1.29, 1.82) is 0 Å². The van der Waals surface area contributed by atoms with E-state index in [0.29, 0.717) is 5.82 Å². The van der Waals surface area contributed by atoms with E-state index < -0.39 is 0 Å². The first kappa shape index (κ1) is 10.4. The number of nitrogens with two attached hydrogens (primary N) is 1. The first-order valence-electron chi connectivity index (χ1n) is 4.88. The van der Waals surface area contributed by atoms with Gasteiger partial charge in [0, 0.05) is 18.9 Å². The van der Waals surface area contributed by atoms with Crippen molar-refractivity contribution in [1.82, 2.24) is 4.98 Å². The maximum atomic E-state index is 12.8. The second-order valence-corrected chi connectivity index (χ2v) is 3.44. The topological polar surface area (TPSA) is 42.2 Å². The van der Waals surface area contributed by atoms with Gasteiger partial charge in [-0.3, -0.25) is 0 Å². The second kappa shape index (κ2) is 4.18. The lowest BCUT2D eigenvalue weighted by molar-refractivity contribution is 0.628. The number of rotatable bonds is 2. The lowest BCUT2D eigenvalue weighted by atomic mass is 10.2. The van der Waals surface area contributed by atoms with Gasteiger partial charge in [0.25, 0.3) is 0 Å². The zero-order valence-corrected chi connectivity index (χ0v) is 8.89. The number of nitrogens with zero attached hydrogens (tertiary/aromatic N) is 2. The minimum Gasteiger partial charge on any atom is -0.382 e. The molecule has 2 aromatic rings. The number of pyridine rings is 1. The Bertz CT molecular complexity index is 482. The summed E-state index contributed by atoms with van der Waals surface area (Å²) < 4.78 is 12.8. The molecule has 16 heavy (non-hydrogen) atoms. The van der Waals surface area contributed by atoms with Crippen LogP contribution in [0.25, 0.3) is 0 Å². The lowest BCUT2D eigenvalue weighted by Gasteiger charge is -2.20. The Labute approximate surface area is 93.3 Å². The molecule has 0 unspecified atom stereocenters. The van der Waals surface area contributed by atoms with E-state index in [9.17, 15) is 4.39 Å². The maximum absolute atomic E-state index is 12.8. The first-order valence-corrected chi connectivity index (χ1v) is 4.88. The normalized spacial score (nSPS) is 10.1. The van der Waals surface area contributed by atoms with Gasteiger partial charge in [-0.05, 0) is 36.4 Å². The van der Waals surface area contributed by atoms with E-state index in [2.05, 4.69) is 4.98 Å². The van der Waals surface area contributed by atoms with E-state index in [1.807, 2.05) is 24.1 Å². The predicted molar refractivity (Wildman–Crippen MR) is 63.1 cm³/mol. The molecule has 2 N–H and O–H groups in total. The molecule has 4 heteroatoms. The van der Waals surface area contributed by atoms with E-state index in [1.165, 1.54) is 12.1 Å². The monoisotopic (exact) mass is 217 g/mol. The standard InChI is InChI=1S/C12H12FN3/c1-16(10-6-4-9(13)5-7-10)11-3-2-8-15-12(11)14/h2-8H,1H3,(H2,14,15). The molecular weight excluding hydrogens is 205 g/mol. The van der Waals surface area contributed by atoms with Gasteiger partial charge in [0.05, 0.1) is 5.69 Å². The average Bonchev–Trinajstić information content (AvgIpc) is 2.30. The van der Waals surface area contributed by atoms with Gasteiger partial charge in [-0.15, -0.1) is 0 Å². The third-order valence-electron chi connectivity index (χ3n) is 2.39. The average molecular weight is 217 g/mol. The molecule has 0 aliphatic heterocycles. The van der Waals surface area contributed by atoms with Gasteiger partial charge < -0.3 is 10.6 Å². The van der Waals surface area contributed by atoms with E-state index in [4.69, 9.17) is 5.73 Å². The third kappa shape index (κ3) is 1.95. The Morgan fingerprint density at radius 2 is 1.88 bits per heavy atom. The number of anilines is 3. The Kier molecular flexibility index (Phi) is 2.72. The summed E-state index contributed by atoms with van der Waals surface area (Å²) in [7, 11) is 1.86. The molecule has 0 saturated heterocycles. The second-order valence-electron chi connectivity index (χ2n) is 3.44. The van der Waals surface area contributed by atoms with Crippen molar-refractivity contribution in [3.63, 3.8) is 0 Å². The van der Waals surface area contributed by atoms with E-state index in [1.54, 1.807) is 18.3 Å². The minimum atomic E-state index is -0.253. The zero-order valence-electron chi connectivity index (χ0n) is 8.89. The van der Waals surface area contributed by atoms with Gasteiger partial charge in [0.2, 0.25) is 0 Å². The number of benzene rings is 1. The van der Waals surface area contributed by atoms with Crippen LogP contribution < -0.4 is 10.6 Å². The highest BCUT2D eigenvalue weighted by atomic mass is 19.1. The van der Waals surface area contributed by atoms with Crippen LogP contribution in [0.4, 0.5) is 21.6 Å². The Hall–Kier alpha value is -2.10. The summed E-state index contributed by atoms with van der Waals surface area (Å²) in [6, 6.07) is 9.90. The Balaban J connectivity index is 2.35. The smallest absolute Gasteiger partial charge is 0.147 e. The zero-order chi connectivity index (χ0) is 11.5. The Morgan fingerprint density at radius 3 is 2.50 bits per heavy atom.